The van der Waals surface area contributed by atoms with E-state index in [4.69, 9.17) is 9.47 Å². The lowest BCUT2D eigenvalue weighted by atomic mass is 10.1. The summed E-state index contributed by atoms with van der Waals surface area (Å²) in [5, 5.41) is 2.50. The Hall–Kier alpha value is -2.57. The van der Waals surface area contributed by atoms with Crippen LogP contribution >= 0.6 is 0 Å². The molecule has 1 heterocycles. The highest BCUT2D eigenvalue weighted by Gasteiger charge is 2.18. The molecule has 148 valence electrons. The SMILES string of the molecule is CCOc1ccccc1C(=O)NCC(=O)OCC(=O)N1CCCCCCC1. The number of rotatable bonds is 7. The number of nitrogens with one attached hydrogen (secondary N) is 1. The molecular formula is C20H28N2O5. The summed E-state index contributed by atoms with van der Waals surface area (Å²) in [5.74, 6) is -0.792. The molecule has 0 aliphatic carbocycles. The van der Waals surface area contributed by atoms with Crippen LogP contribution in [-0.4, -0.2) is 55.5 Å². The Morgan fingerprint density at radius 3 is 2.41 bits per heavy atom. The van der Waals surface area contributed by atoms with Crippen LogP contribution in [0.1, 0.15) is 49.4 Å². The Morgan fingerprint density at radius 2 is 1.70 bits per heavy atom. The lowest BCUT2D eigenvalue weighted by Crippen LogP contribution is -2.38. The molecule has 2 rings (SSSR count). The van der Waals surface area contributed by atoms with Crippen LogP contribution in [0.5, 0.6) is 5.75 Å². The van der Waals surface area contributed by atoms with Crippen molar-refractivity contribution < 1.29 is 23.9 Å². The molecule has 2 amide bonds. The lowest BCUT2D eigenvalue weighted by Gasteiger charge is -2.24. The topological polar surface area (TPSA) is 84.9 Å². The van der Waals surface area contributed by atoms with Crippen LogP contribution in [0.3, 0.4) is 0 Å². The number of amides is 2. The number of ether oxygens (including phenoxy) is 2. The smallest absolute Gasteiger partial charge is 0.325 e. The van der Waals surface area contributed by atoms with Gasteiger partial charge in [-0.25, -0.2) is 0 Å². The number of carbonyl (C=O) groups is 3. The Labute approximate surface area is 160 Å². The summed E-state index contributed by atoms with van der Waals surface area (Å²) in [4.78, 5) is 38.0. The second-order valence-electron chi connectivity index (χ2n) is 6.42. The molecule has 1 fully saturated rings. The Bertz CT molecular complexity index is 639. The zero-order chi connectivity index (χ0) is 19.5. The quantitative estimate of drug-likeness (QED) is 0.737. The minimum Gasteiger partial charge on any atom is -0.493 e. The van der Waals surface area contributed by atoms with Gasteiger partial charge >= 0.3 is 5.97 Å². The summed E-state index contributed by atoms with van der Waals surface area (Å²) < 4.78 is 10.4. The summed E-state index contributed by atoms with van der Waals surface area (Å²) in [7, 11) is 0. The van der Waals surface area contributed by atoms with Gasteiger partial charge in [-0.05, 0) is 31.9 Å². The first-order chi connectivity index (χ1) is 13.1. The highest BCUT2D eigenvalue weighted by Crippen LogP contribution is 2.17. The highest BCUT2D eigenvalue weighted by atomic mass is 16.5. The maximum atomic E-state index is 12.2. The maximum Gasteiger partial charge on any atom is 0.325 e. The van der Waals surface area contributed by atoms with Crippen molar-refractivity contribution in [1.82, 2.24) is 10.2 Å². The van der Waals surface area contributed by atoms with Crippen molar-refractivity contribution in [3.8, 4) is 5.75 Å². The number of para-hydroxylation sites is 1. The summed E-state index contributed by atoms with van der Waals surface area (Å²) >= 11 is 0. The molecule has 1 saturated heterocycles. The van der Waals surface area contributed by atoms with E-state index in [2.05, 4.69) is 5.32 Å². The zero-order valence-electron chi connectivity index (χ0n) is 15.9. The Morgan fingerprint density at radius 1 is 1.04 bits per heavy atom. The van der Waals surface area contributed by atoms with Gasteiger partial charge < -0.3 is 19.7 Å². The molecule has 0 bridgehead atoms. The molecule has 27 heavy (non-hydrogen) atoms. The van der Waals surface area contributed by atoms with Crippen molar-refractivity contribution in [1.29, 1.82) is 0 Å². The molecule has 1 aliphatic heterocycles. The van der Waals surface area contributed by atoms with E-state index in [1.54, 1.807) is 29.2 Å². The van der Waals surface area contributed by atoms with E-state index >= 15 is 0 Å². The molecule has 0 spiro atoms. The first kappa shape index (κ1) is 20.7. The van der Waals surface area contributed by atoms with Gasteiger partial charge in [0.25, 0.3) is 11.8 Å². The van der Waals surface area contributed by atoms with Gasteiger partial charge in [-0.15, -0.1) is 0 Å². The highest BCUT2D eigenvalue weighted by molar-refractivity contribution is 5.98. The normalized spacial score (nSPS) is 14.6. The molecule has 1 aromatic rings. The van der Waals surface area contributed by atoms with Crippen LogP contribution < -0.4 is 10.1 Å². The minimum absolute atomic E-state index is 0.182. The van der Waals surface area contributed by atoms with Gasteiger partial charge in [0.05, 0.1) is 12.2 Å². The number of likely N-dealkylation sites (tertiary alicyclic amines) is 1. The summed E-state index contributed by atoms with van der Waals surface area (Å²) in [6.07, 6.45) is 5.42. The van der Waals surface area contributed by atoms with Gasteiger partial charge in [-0.3, -0.25) is 14.4 Å². The van der Waals surface area contributed by atoms with Crippen molar-refractivity contribution in [2.75, 3.05) is 32.8 Å². The standard InChI is InChI=1S/C20H28N2O5/c1-2-26-17-11-7-6-10-16(17)20(25)21-14-19(24)27-15-18(23)22-12-8-4-3-5-9-13-22/h6-7,10-11H,2-5,8-9,12-15H2,1H3,(H,21,25). The van der Waals surface area contributed by atoms with Gasteiger partial charge in [-0.1, -0.05) is 31.4 Å². The number of benzene rings is 1. The van der Waals surface area contributed by atoms with Crippen molar-refractivity contribution in [2.45, 2.75) is 39.0 Å². The van der Waals surface area contributed by atoms with Crippen molar-refractivity contribution in [3.05, 3.63) is 29.8 Å². The summed E-state index contributed by atoms with van der Waals surface area (Å²) in [6.45, 7) is 3.10. The third-order valence-corrected chi connectivity index (χ3v) is 4.39. The van der Waals surface area contributed by atoms with Crippen LogP contribution in [0, 0.1) is 0 Å². The van der Waals surface area contributed by atoms with E-state index in [1.165, 1.54) is 6.42 Å². The van der Waals surface area contributed by atoms with Gasteiger partial charge in [0, 0.05) is 13.1 Å². The predicted molar refractivity (Wildman–Crippen MR) is 101 cm³/mol. The molecule has 0 aromatic heterocycles. The van der Waals surface area contributed by atoms with E-state index in [0.717, 1.165) is 25.7 Å². The average molecular weight is 376 g/mol. The number of hydrogen-bond donors (Lipinski definition) is 1. The molecule has 0 radical (unpaired) electrons. The van der Waals surface area contributed by atoms with Crippen LogP contribution in [0.15, 0.2) is 24.3 Å². The second-order valence-corrected chi connectivity index (χ2v) is 6.42. The number of esters is 1. The fourth-order valence-electron chi connectivity index (χ4n) is 2.96. The van der Waals surface area contributed by atoms with Crippen LogP contribution in [0.4, 0.5) is 0 Å². The van der Waals surface area contributed by atoms with Crippen molar-refractivity contribution >= 4 is 17.8 Å². The van der Waals surface area contributed by atoms with E-state index in [1.807, 2.05) is 6.92 Å². The van der Waals surface area contributed by atoms with Crippen molar-refractivity contribution in [2.24, 2.45) is 0 Å². The number of hydrogen-bond acceptors (Lipinski definition) is 5. The fourth-order valence-corrected chi connectivity index (χ4v) is 2.96. The van der Waals surface area contributed by atoms with Gasteiger partial charge in [0.15, 0.2) is 6.61 Å². The van der Waals surface area contributed by atoms with Gasteiger partial charge in [0.2, 0.25) is 0 Å². The Balaban J connectivity index is 1.75. The first-order valence-corrected chi connectivity index (χ1v) is 9.55. The zero-order valence-corrected chi connectivity index (χ0v) is 15.9. The first-order valence-electron chi connectivity index (χ1n) is 9.55. The molecule has 7 nitrogen and oxygen atoms in total. The summed E-state index contributed by atoms with van der Waals surface area (Å²) in [6, 6.07) is 6.81. The van der Waals surface area contributed by atoms with E-state index in [9.17, 15) is 14.4 Å². The minimum atomic E-state index is -0.641. The van der Waals surface area contributed by atoms with E-state index in [0.29, 0.717) is 31.0 Å². The maximum absolute atomic E-state index is 12.2. The van der Waals surface area contributed by atoms with E-state index < -0.39 is 11.9 Å². The monoisotopic (exact) mass is 376 g/mol. The molecule has 0 saturated carbocycles. The van der Waals surface area contributed by atoms with Crippen LogP contribution in [-0.2, 0) is 14.3 Å². The molecule has 1 N–H and O–H groups in total. The molecule has 0 atom stereocenters. The lowest BCUT2D eigenvalue weighted by molar-refractivity contribution is -0.151. The summed E-state index contributed by atoms with van der Waals surface area (Å²) in [5.41, 5.74) is 0.351. The second kappa shape index (κ2) is 11.2. The molecule has 1 aliphatic rings. The van der Waals surface area contributed by atoms with Gasteiger partial charge in [-0.2, -0.15) is 0 Å². The number of nitrogens with zero attached hydrogens (tertiary/aromatic N) is 1. The molecule has 1 aromatic carbocycles. The van der Waals surface area contributed by atoms with Crippen LogP contribution in [0.25, 0.3) is 0 Å². The van der Waals surface area contributed by atoms with Gasteiger partial charge in [0.1, 0.15) is 12.3 Å². The van der Waals surface area contributed by atoms with E-state index in [-0.39, 0.29) is 19.1 Å². The largest absolute Gasteiger partial charge is 0.493 e. The number of carbonyl (C=O) groups excluding carboxylic acids is 3. The Kier molecular flexibility index (Phi) is 8.61. The molecule has 0 unspecified atom stereocenters. The van der Waals surface area contributed by atoms with Crippen molar-refractivity contribution in [3.63, 3.8) is 0 Å². The third-order valence-electron chi connectivity index (χ3n) is 4.39. The predicted octanol–water partition coefficient (Wildman–Crippen LogP) is 2.15. The third kappa shape index (κ3) is 6.92. The molecular weight excluding hydrogens is 348 g/mol. The fraction of sp³-hybridized carbons (Fsp3) is 0.550. The molecule has 7 heteroatoms. The van der Waals surface area contributed by atoms with Crippen LogP contribution in [0.2, 0.25) is 0 Å². The average Bonchev–Trinajstić information content (AvgIpc) is 2.64.